The van der Waals surface area contributed by atoms with Crippen LogP contribution >= 0.6 is 0 Å². The van der Waals surface area contributed by atoms with Gasteiger partial charge in [0.05, 0.1) is 12.0 Å². The molecule has 0 atom stereocenters. The first-order valence-corrected chi connectivity index (χ1v) is 12.7. The van der Waals surface area contributed by atoms with E-state index in [1.54, 1.807) is 40.1 Å². The first kappa shape index (κ1) is 22.8. The molecule has 3 heterocycles. The molecule has 1 saturated heterocycles. The highest BCUT2D eigenvalue weighted by Crippen LogP contribution is 2.24. The molecule has 5 rings (SSSR count). The largest absolute Gasteiger partial charge is 0.463 e. The summed E-state index contributed by atoms with van der Waals surface area (Å²) in [4.78, 5) is 15.2. The second kappa shape index (κ2) is 9.73. The van der Waals surface area contributed by atoms with Crippen LogP contribution in [0.2, 0.25) is 0 Å². The Morgan fingerprint density at radius 3 is 2.23 bits per heavy atom. The molecular weight excluding hydrogens is 464 g/mol. The maximum atomic E-state index is 13.5. The number of nitrogens with zero attached hydrogens (tertiary/aromatic N) is 4. The Morgan fingerprint density at radius 1 is 0.886 bits per heavy atom. The number of hydrogen-bond donors (Lipinski definition) is 0. The molecule has 1 aliphatic heterocycles. The molecule has 2 aromatic heterocycles. The van der Waals surface area contributed by atoms with Gasteiger partial charge in [0, 0.05) is 37.7 Å². The average molecular weight is 489 g/mol. The molecule has 178 valence electrons. The molecule has 0 N–H and O–H groups in total. The number of rotatable bonds is 6. The molecule has 0 radical (unpaired) electrons. The normalized spacial score (nSPS) is 15.0. The minimum atomic E-state index is -3.59. The molecule has 1 aliphatic rings. The average Bonchev–Trinajstić information content (AvgIpc) is 3.59. The van der Waals surface area contributed by atoms with Gasteiger partial charge in [0.2, 0.25) is 10.0 Å². The van der Waals surface area contributed by atoms with Gasteiger partial charge in [-0.25, -0.2) is 13.1 Å². The van der Waals surface area contributed by atoms with E-state index >= 15 is 0 Å². The lowest BCUT2D eigenvalue weighted by molar-refractivity contribution is 0.0689. The highest BCUT2D eigenvalue weighted by molar-refractivity contribution is 7.92. The van der Waals surface area contributed by atoms with E-state index in [4.69, 9.17) is 4.42 Å². The zero-order valence-corrected chi connectivity index (χ0v) is 19.7. The SMILES string of the molecule is O=C(c1cc(-c2ccco2)nn1-c1ccccc1)N1CCN(S(=O)(=O)/C=C/c2ccccc2)CC1. The van der Waals surface area contributed by atoms with E-state index in [0.717, 1.165) is 11.3 Å². The summed E-state index contributed by atoms with van der Waals surface area (Å²) in [5.74, 6) is 0.353. The van der Waals surface area contributed by atoms with Crippen molar-refractivity contribution < 1.29 is 17.6 Å². The van der Waals surface area contributed by atoms with Crippen LogP contribution < -0.4 is 0 Å². The Morgan fingerprint density at radius 2 is 1.57 bits per heavy atom. The second-order valence-electron chi connectivity index (χ2n) is 8.09. The zero-order chi connectivity index (χ0) is 24.3. The van der Waals surface area contributed by atoms with Gasteiger partial charge >= 0.3 is 0 Å². The Kier molecular flexibility index (Phi) is 6.35. The van der Waals surface area contributed by atoms with E-state index in [2.05, 4.69) is 5.10 Å². The number of furan rings is 1. The molecule has 0 aliphatic carbocycles. The zero-order valence-electron chi connectivity index (χ0n) is 18.9. The first-order valence-electron chi connectivity index (χ1n) is 11.2. The molecule has 0 bridgehead atoms. The van der Waals surface area contributed by atoms with E-state index in [0.29, 0.717) is 17.1 Å². The van der Waals surface area contributed by atoms with Gasteiger partial charge in [-0.2, -0.15) is 9.40 Å². The molecule has 35 heavy (non-hydrogen) atoms. The van der Waals surface area contributed by atoms with Crippen LogP contribution in [0.25, 0.3) is 23.2 Å². The van der Waals surface area contributed by atoms with E-state index < -0.39 is 10.0 Å². The van der Waals surface area contributed by atoms with Gasteiger partial charge in [-0.1, -0.05) is 48.5 Å². The van der Waals surface area contributed by atoms with Crippen molar-refractivity contribution in [2.75, 3.05) is 26.2 Å². The number of sulfonamides is 1. The number of carbonyl (C=O) groups is 1. The summed E-state index contributed by atoms with van der Waals surface area (Å²) in [7, 11) is -3.59. The Hall–Kier alpha value is -3.95. The maximum Gasteiger partial charge on any atom is 0.272 e. The van der Waals surface area contributed by atoms with Crippen LogP contribution in [0.4, 0.5) is 0 Å². The highest BCUT2D eigenvalue weighted by Gasteiger charge is 2.30. The number of benzene rings is 2. The molecule has 1 fully saturated rings. The first-order chi connectivity index (χ1) is 17.0. The van der Waals surface area contributed by atoms with Gasteiger partial charge in [-0.05, 0) is 35.9 Å². The van der Waals surface area contributed by atoms with E-state index in [1.807, 2.05) is 60.7 Å². The molecule has 0 saturated carbocycles. The van der Waals surface area contributed by atoms with Gasteiger partial charge in [-0.3, -0.25) is 4.79 Å². The van der Waals surface area contributed by atoms with Crippen molar-refractivity contribution in [3.63, 3.8) is 0 Å². The molecule has 9 heteroatoms. The Labute approximate surface area is 203 Å². The van der Waals surface area contributed by atoms with Crippen LogP contribution in [0.15, 0.2) is 95.0 Å². The van der Waals surface area contributed by atoms with Gasteiger partial charge in [0.25, 0.3) is 5.91 Å². The van der Waals surface area contributed by atoms with E-state index in [-0.39, 0.29) is 32.1 Å². The summed E-state index contributed by atoms with van der Waals surface area (Å²) in [6.45, 7) is 1.01. The Bertz CT molecular complexity index is 1420. The van der Waals surface area contributed by atoms with Crippen molar-refractivity contribution in [1.82, 2.24) is 19.0 Å². The van der Waals surface area contributed by atoms with Crippen molar-refractivity contribution in [3.8, 4) is 17.1 Å². The lowest BCUT2D eigenvalue weighted by Gasteiger charge is -2.33. The van der Waals surface area contributed by atoms with Gasteiger partial charge in [-0.15, -0.1) is 0 Å². The van der Waals surface area contributed by atoms with Crippen molar-refractivity contribution in [2.24, 2.45) is 0 Å². The third-order valence-electron chi connectivity index (χ3n) is 5.82. The van der Waals surface area contributed by atoms with Crippen LogP contribution in [0, 0.1) is 0 Å². The van der Waals surface area contributed by atoms with Crippen LogP contribution in [-0.2, 0) is 10.0 Å². The smallest absolute Gasteiger partial charge is 0.272 e. The van der Waals surface area contributed by atoms with Gasteiger partial charge < -0.3 is 9.32 Å². The summed E-state index contributed by atoms with van der Waals surface area (Å²) >= 11 is 0. The van der Waals surface area contributed by atoms with Gasteiger partial charge in [0.1, 0.15) is 11.4 Å². The quantitative estimate of drug-likeness (QED) is 0.411. The number of hydrogen-bond acceptors (Lipinski definition) is 5. The minimum absolute atomic E-state index is 0.212. The highest BCUT2D eigenvalue weighted by atomic mass is 32.2. The molecule has 0 unspecified atom stereocenters. The molecule has 2 aromatic carbocycles. The van der Waals surface area contributed by atoms with Crippen LogP contribution in [0.3, 0.4) is 0 Å². The summed E-state index contributed by atoms with van der Waals surface area (Å²) < 4.78 is 34.1. The fourth-order valence-electron chi connectivity index (χ4n) is 3.97. The molecule has 0 spiro atoms. The predicted molar refractivity (Wildman–Crippen MR) is 133 cm³/mol. The van der Waals surface area contributed by atoms with Crippen LogP contribution in [0.1, 0.15) is 16.1 Å². The molecule has 4 aromatic rings. The van der Waals surface area contributed by atoms with Gasteiger partial charge in [0.15, 0.2) is 5.76 Å². The van der Waals surface area contributed by atoms with E-state index in [9.17, 15) is 13.2 Å². The fourth-order valence-corrected chi connectivity index (χ4v) is 5.14. The summed E-state index contributed by atoms with van der Waals surface area (Å²) in [5, 5.41) is 5.83. The lowest BCUT2D eigenvalue weighted by Crippen LogP contribution is -2.50. The van der Waals surface area contributed by atoms with E-state index in [1.165, 1.54) is 9.71 Å². The number of carbonyl (C=O) groups excluding carboxylic acids is 1. The minimum Gasteiger partial charge on any atom is -0.463 e. The maximum absolute atomic E-state index is 13.5. The van der Waals surface area contributed by atoms with Crippen LogP contribution in [-0.4, -0.2) is 59.5 Å². The summed E-state index contributed by atoms with van der Waals surface area (Å²) in [6, 6.07) is 23.9. The number of amides is 1. The number of para-hydroxylation sites is 1. The number of aromatic nitrogens is 2. The predicted octanol–water partition coefficient (Wildman–Crippen LogP) is 3.89. The van der Waals surface area contributed by atoms with Crippen molar-refractivity contribution in [2.45, 2.75) is 0 Å². The monoisotopic (exact) mass is 488 g/mol. The van der Waals surface area contributed by atoms with Crippen molar-refractivity contribution in [1.29, 1.82) is 0 Å². The fraction of sp³-hybridized carbons (Fsp3) is 0.154. The van der Waals surface area contributed by atoms with Crippen LogP contribution in [0.5, 0.6) is 0 Å². The molecule has 1 amide bonds. The standard InChI is InChI=1S/C26H24N4O4S/c31-26(24-20-23(25-12-7-18-34-25)27-30(24)22-10-5-2-6-11-22)28-14-16-29(17-15-28)35(32,33)19-13-21-8-3-1-4-9-21/h1-13,18-20H,14-17H2/b19-13+. The topological polar surface area (TPSA) is 88.7 Å². The summed E-state index contributed by atoms with van der Waals surface area (Å²) in [6.07, 6.45) is 3.14. The molecule has 8 nitrogen and oxygen atoms in total. The lowest BCUT2D eigenvalue weighted by atomic mass is 10.2. The second-order valence-corrected chi connectivity index (χ2v) is 9.91. The third-order valence-corrected chi connectivity index (χ3v) is 7.39. The Balaban J connectivity index is 1.33. The third kappa shape index (κ3) is 4.96. The van der Waals surface area contributed by atoms with Crippen molar-refractivity contribution in [3.05, 3.63) is 102 Å². The van der Waals surface area contributed by atoms with Crippen molar-refractivity contribution >= 4 is 22.0 Å². The summed E-state index contributed by atoms with van der Waals surface area (Å²) in [5.41, 5.74) is 2.50. The molecular formula is C26H24N4O4S. The number of piperazine rings is 1.